The number of benzene rings is 2. The molecule has 33 heavy (non-hydrogen) atoms. The van der Waals surface area contributed by atoms with Gasteiger partial charge in [-0.2, -0.15) is 0 Å². The lowest BCUT2D eigenvalue weighted by Gasteiger charge is -2.19. The maximum atomic E-state index is 13.4. The molecule has 2 amide bonds. The summed E-state index contributed by atoms with van der Waals surface area (Å²) in [6, 6.07) is 5.98. The monoisotopic (exact) mass is 457 g/mol. The number of aromatic amines is 1. The number of nitrogens with one attached hydrogen (secondary N) is 2. The molecule has 2 heterocycles. The summed E-state index contributed by atoms with van der Waals surface area (Å²) in [6.45, 7) is 0.286. The standard InChI is InChI=1S/C22H21F2N5O4/c1-28-9-12-5-11(3-4-15(12)25-18(22(28)33)8-20(30)31)21(32)29(2)10-19-26-16-6-13(23)14(24)7-17(16)27-19/h3-7,18,25H,8-10H2,1-2H3,(H,26,27)(H,30,31)/t18-/m0/s1. The van der Waals surface area contributed by atoms with Crippen LogP contribution in [0.25, 0.3) is 11.0 Å². The minimum atomic E-state index is -1.10. The molecule has 3 aromatic rings. The van der Waals surface area contributed by atoms with E-state index in [2.05, 4.69) is 15.3 Å². The van der Waals surface area contributed by atoms with Gasteiger partial charge in [-0.15, -0.1) is 0 Å². The van der Waals surface area contributed by atoms with Crippen molar-refractivity contribution in [3.05, 3.63) is 58.9 Å². The van der Waals surface area contributed by atoms with E-state index in [0.717, 1.165) is 12.1 Å². The van der Waals surface area contributed by atoms with E-state index in [1.165, 1.54) is 9.80 Å². The minimum absolute atomic E-state index is 0.0746. The van der Waals surface area contributed by atoms with Gasteiger partial charge in [0.25, 0.3) is 5.91 Å². The van der Waals surface area contributed by atoms with Crippen molar-refractivity contribution in [3.8, 4) is 0 Å². The summed E-state index contributed by atoms with van der Waals surface area (Å²) in [7, 11) is 3.14. The molecular formula is C22H21F2N5O4. The van der Waals surface area contributed by atoms with Gasteiger partial charge in [0.15, 0.2) is 11.6 Å². The number of carbonyl (C=O) groups is 3. The number of H-pyrrole nitrogens is 1. The van der Waals surface area contributed by atoms with Crippen LogP contribution in [0.15, 0.2) is 30.3 Å². The Kier molecular flexibility index (Phi) is 5.71. The third-order valence-corrected chi connectivity index (χ3v) is 5.45. The molecule has 0 spiro atoms. The fourth-order valence-corrected chi connectivity index (χ4v) is 3.81. The maximum Gasteiger partial charge on any atom is 0.305 e. The van der Waals surface area contributed by atoms with Crippen LogP contribution in [0.1, 0.15) is 28.2 Å². The zero-order valence-electron chi connectivity index (χ0n) is 17.9. The molecule has 172 valence electrons. The highest BCUT2D eigenvalue weighted by molar-refractivity contribution is 5.95. The molecule has 3 N–H and O–H groups in total. The second-order valence-corrected chi connectivity index (χ2v) is 7.99. The molecule has 11 heteroatoms. The number of hydrogen-bond acceptors (Lipinski definition) is 5. The number of carboxylic acids is 1. The Morgan fingerprint density at radius 3 is 2.70 bits per heavy atom. The predicted molar refractivity (Wildman–Crippen MR) is 114 cm³/mol. The molecule has 1 atom stereocenters. The van der Waals surface area contributed by atoms with Crippen molar-refractivity contribution >= 4 is 34.5 Å². The Bertz CT molecular complexity index is 1240. The highest BCUT2D eigenvalue weighted by Crippen LogP contribution is 2.25. The third-order valence-electron chi connectivity index (χ3n) is 5.45. The van der Waals surface area contributed by atoms with Crippen LogP contribution >= 0.6 is 0 Å². The van der Waals surface area contributed by atoms with E-state index in [0.29, 0.717) is 28.2 Å². The lowest BCUT2D eigenvalue weighted by molar-refractivity contribution is -0.141. The van der Waals surface area contributed by atoms with E-state index < -0.39 is 23.6 Å². The van der Waals surface area contributed by atoms with Gasteiger partial charge in [0.05, 0.1) is 24.0 Å². The Hall–Kier alpha value is -4.02. The second kappa shape index (κ2) is 8.49. The Morgan fingerprint density at radius 2 is 1.97 bits per heavy atom. The van der Waals surface area contributed by atoms with Gasteiger partial charge in [0.2, 0.25) is 5.91 Å². The number of carboxylic acid groups (broad SMARTS) is 1. The van der Waals surface area contributed by atoms with Crippen LogP contribution in [0, 0.1) is 11.6 Å². The number of nitrogens with zero attached hydrogens (tertiary/aromatic N) is 3. The van der Waals surface area contributed by atoms with Crippen molar-refractivity contribution in [1.82, 2.24) is 19.8 Å². The van der Waals surface area contributed by atoms with Gasteiger partial charge in [0.1, 0.15) is 11.9 Å². The summed E-state index contributed by atoms with van der Waals surface area (Å²) >= 11 is 0. The van der Waals surface area contributed by atoms with Crippen LogP contribution < -0.4 is 5.32 Å². The molecule has 2 aromatic carbocycles. The van der Waals surface area contributed by atoms with Gasteiger partial charge in [-0.1, -0.05) is 0 Å². The number of halogens is 2. The van der Waals surface area contributed by atoms with Crippen molar-refractivity contribution in [2.45, 2.75) is 25.6 Å². The van der Waals surface area contributed by atoms with Crippen LogP contribution in [0.5, 0.6) is 0 Å². The fraction of sp³-hybridized carbons (Fsp3) is 0.273. The summed E-state index contributed by atoms with van der Waals surface area (Å²) in [5, 5.41) is 12.0. The average molecular weight is 457 g/mol. The first kappa shape index (κ1) is 22.2. The Morgan fingerprint density at radius 1 is 1.24 bits per heavy atom. The SMILES string of the molecule is CN(Cc1nc2cc(F)c(F)cc2[nH]1)C(=O)c1ccc2c(c1)CN(C)C(=O)[C@H](CC(=O)O)N2. The van der Waals surface area contributed by atoms with E-state index in [1.54, 1.807) is 32.3 Å². The summed E-state index contributed by atoms with van der Waals surface area (Å²) in [5.41, 5.74) is 2.20. The summed E-state index contributed by atoms with van der Waals surface area (Å²) in [6.07, 6.45) is -0.364. The van der Waals surface area contributed by atoms with E-state index in [1.807, 2.05) is 0 Å². The van der Waals surface area contributed by atoms with Gasteiger partial charge in [-0.25, -0.2) is 13.8 Å². The first-order valence-electron chi connectivity index (χ1n) is 10.1. The number of amides is 2. The van der Waals surface area contributed by atoms with Crippen molar-refractivity contribution in [1.29, 1.82) is 0 Å². The Balaban J connectivity index is 1.54. The lowest BCUT2D eigenvalue weighted by atomic mass is 10.1. The summed E-state index contributed by atoms with van der Waals surface area (Å²) < 4.78 is 26.9. The highest BCUT2D eigenvalue weighted by Gasteiger charge is 2.29. The minimum Gasteiger partial charge on any atom is -0.481 e. The van der Waals surface area contributed by atoms with Crippen LogP contribution in [-0.4, -0.2) is 62.8 Å². The number of carbonyl (C=O) groups excluding carboxylic acids is 2. The molecule has 0 saturated carbocycles. The first-order chi connectivity index (χ1) is 15.6. The topological polar surface area (TPSA) is 119 Å². The average Bonchev–Trinajstić information content (AvgIpc) is 3.08. The molecule has 9 nitrogen and oxygen atoms in total. The number of aliphatic carboxylic acids is 1. The smallest absolute Gasteiger partial charge is 0.305 e. The van der Waals surface area contributed by atoms with Gasteiger partial charge >= 0.3 is 5.97 Å². The number of likely N-dealkylation sites (N-methyl/N-ethyl adjacent to an activating group) is 1. The van der Waals surface area contributed by atoms with Crippen molar-refractivity contribution in [3.63, 3.8) is 0 Å². The molecule has 0 unspecified atom stereocenters. The number of anilines is 1. The van der Waals surface area contributed by atoms with Crippen LogP contribution in [0.4, 0.5) is 14.5 Å². The van der Waals surface area contributed by atoms with Crippen molar-refractivity contribution < 1.29 is 28.3 Å². The number of fused-ring (bicyclic) bond motifs is 2. The van der Waals surface area contributed by atoms with E-state index in [9.17, 15) is 23.2 Å². The first-order valence-corrected chi connectivity index (χ1v) is 10.1. The molecule has 4 rings (SSSR count). The number of rotatable bonds is 5. The molecule has 0 fully saturated rings. The van der Waals surface area contributed by atoms with Crippen molar-refractivity contribution in [2.75, 3.05) is 19.4 Å². The molecule has 1 aliphatic heterocycles. The van der Waals surface area contributed by atoms with Crippen LogP contribution in [-0.2, 0) is 22.7 Å². The van der Waals surface area contributed by atoms with Crippen molar-refractivity contribution in [2.24, 2.45) is 0 Å². The normalized spacial score (nSPS) is 15.7. The zero-order valence-corrected chi connectivity index (χ0v) is 17.9. The third kappa shape index (κ3) is 4.47. The second-order valence-electron chi connectivity index (χ2n) is 7.99. The molecule has 0 radical (unpaired) electrons. The van der Waals surface area contributed by atoms with E-state index >= 15 is 0 Å². The van der Waals surface area contributed by atoms with Crippen LogP contribution in [0.3, 0.4) is 0 Å². The lowest BCUT2D eigenvalue weighted by Crippen LogP contribution is -2.39. The molecular weight excluding hydrogens is 436 g/mol. The molecule has 0 aliphatic carbocycles. The fourth-order valence-electron chi connectivity index (χ4n) is 3.81. The quantitative estimate of drug-likeness (QED) is 0.541. The van der Waals surface area contributed by atoms with Gasteiger partial charge < -0.3 is 25.2 Å². The van der Waals surface area contributed by atoms with Gasteiger partial charge in [-0.05, 0) is 23.8 Å². The van der Waals surface area contributed by atoms with E-state index in [4.69, 9.17) is 5.11 Å². The highest BCUT2D eigenvalue weighted by atomic mass is 19.2. The molecule has 1 aromatic heterocycles. The van der Waals surface area contributed by atoms with Crippen LogP contribution in [0.2, 0.25) is 0 Å². The summed E-state index contributed by atoms with van der Waals surface area (Å²) in [5.74, 6) is -3.40. The molecule has 0 bridgehead atoms. The zero-order chi connectivity index (χ0) is 23.9. The molecule has 1 aliphatic rings. The molecule has 0 saturated heterocycles. The maximum absolute atomic E-state index is 13.4. The van der Waals surface area contributed by atoms with Gasteiger partial charge in [-0.3, -0.25) is 14.4 Å². The largest absolute Gasteiger partial charge is 0.481 e. The van der Waals surface area contributed by atoms with E-state index in [-0.39, 0.29) is 36.8 Å². The van der Waals surface area contributed by atoms with Gasteiger partial charge in [0, 0.05) is 44.0 Å². The predicted octanol–water partition coefficient (Wildman–Crippen LogP) is 2.34. The number of aromatic nitrogens is 2. The summed E-state index contributed by atoms with van der Waals surface area (Å²) in [4.78, 5) is 46.4. The Labute approximate surface area is 187 Å². The number of hydrogen-bond donors (Lipinski definition) is 3. The number of imidazole rings is 1.